The molecule has 2 nitrogen and oxygen atoms in total. The SMILES string of the molecule is Cl.Clc1ccc(CN2CCN=C2c2ccccc2)cc1. The van der Waals surface area contributed by atoms with Crippen molar-refractivity contribution in [3.05, 3.63) is 70.7 Å². The van der Waals surface area contributed by atoms with Crippen LogP contribution in [0.2, 0.25) is 5.02 Å². The van der Waals surface area contributed by atoms with E-state index in [2.05, 4.69) is 46.3 Å². The van der Waals surface area contributed by atoms with Crippen molar-refractivity contribution in [3.8, 4) is 0 Å². The first-order valence-electron chi connectivity index (χ1n) is 6.42. The Labute approximate surface area is 130 Å². The molecular formula is C16H16Cl2N2. The molecule has 0 saturated carbocycles. The average Bonchev–Trinajstić information content (AvgIpc) is 2.90. The summed E-state index contributed by atoms with van der Waals surface area (Å²) in [6, 6.07) is 18.4. The predicted octanol–water partition coefficient (Wildman–Crippen LogP) is 4.02. The maximum absolute atomic E-state index is 5.92. The van der Waals surface area contributed by atoms with Crippen molar-refractivity contribution in [2.45, 2.75) is 6.54 Å². The van der Waals surface area contributed by atoms with Gasteiger partial charge in [0.2, 0.25) is 0 Å². The van der Waals surface area contributed by atoms with Crippen LogP contribution in [0.15, 0.2) is 59.6 Å². The van der Waals surface area contributed by atoms with E-state index in [9.17, 15) is 0 Å². The van der Waals surface area contributed by atoms with E-state index in [1.165, 1.54) is 11.1 Å². The van der Waals surface area contributed by atoms with Gasteiger partial charge in [-0.25, -0.2) is 0 Å². The molecule has 0 unspecified atom stereocenters. The third-order valence-electron chi connectivity index (χ3n) is 3.25. The summed E-state index contributed by atoms with van der Waals surface area (Å²) in [5.41, 5.74) is 2.45. The summed E-state index contributed by atoms with van der Waals surface area (Å²) in [4.78, 5) is 6.94. The highest BCUT2D eigenvalue weighted by Gasteiger charge is 2.18. The minimum atomic E-state index is 0. The lowest BCUT2D eigenvalue weighted by molar-refractivity contribution is 0.453. The van der Waals surface area contributed by atoms with Gasteiger partial charge in [-0.3, -0.25) is 4.99 Å². The number of rotatable bonds is 3. The fourth-order valence-electron chi connectivity index (χ4n) is 2.31. The van der Waals surface area contributed by atoms with Crippen LogP contribution in [-0.2, 0) is 6.54 Å². The van der Waals surface area contributed by atoms with E-state index in [-0.39, 0.29) is 12.4 Å². The third-order valence-corrected chi connectivity index (χ3v) is 3.50. The molecule has 2 aromatic carbocycles. The predicted molar refractivity (Wildman–Crippen MR) is 87.0 cm³/mol. The molecule has 1 aliphatic heterocycles. The van der Waals surface area contributed by atoms with Gasteiger partial charge in [-0.2, -0.15) is 0 Å². The van der Waals surface area contributed by atoms with Crippen molar-refractivity contribution in [2.75, 3.05) is 13.1 Å². The van der Waals surface area contributed by atoms with E-state index in [1.807, 2.05) is 18.2 Å². The Kier molecular flexibility index (Phi) is 5.05. The zero-order valence-corrected chi connectivity index (χ0v) is 12.6. The smallest absolute Gasteiger partial charge is 0.131 e. The molecule has 0 aliphatic carbocycles. The van der Waals surface area contributed by atoms with Gasteiger partial charge in [-0.05, 0) is 17.7 Å². The lowest BCUT2D eigenvalue weighted by atomic mass is 10.1. The molecule has 0 N–H and O–H groups in total. The second kappa shape index (κ2) is 6.78. The number of hydrogen-bond acceptors (Lipinski definition) is 2. The summed E-state index contributed by atoms with van der Waals surface area (Å²) in [5, 5.41) is 0.780. The van der Waals surface area contributed by atoms with Gasteiger partial charge >= 0.3 is 0 Å². The number of amidine groups is 1. The molecule has 104 valence electrons. The Bertz CT molecular complexity index is 579. The molecule has 2 aromatic rings. The molecule has 1 aliphatic rings. The molecule has 0 fully saturated rings. The fraction of sp³-hybridized carbons (Fsp3) is 0.188. The molecule has 0 amide bonds. The van der Waals surface area contributed by atoms with E-state index in [0.717, 1.165) is 30.5 Å². The molecule has 0 radical (unpaired) electrons. The first kappa shape index (κ1) is 14.9. The van der Waals surface area contributed by atoms with Crippen LogP contribution in [-0.4, -0.2) is 23.8 Å². The van der Waals surface area contributed by atoms with Gasteiger partial charge in [-0.1, -0.05) is 54.1 Å². The zero-order valence-electron chi connectivity index (χ0n) is 11.0. The first-order chi connectivity index (χ1) is 9.33. The first-order valence-corrected chi connectivity index (χ1v) is 6.80. The van der Waals surface area contributed by atoms with Crippen LogP contribution in [0.1, 0.15) is 11.1 Å². The quantitative estimate of drug-likeness (QED) is 0.836. The molecule has 0 bridgehead atoms. The summed E-state index contributed by atoms with van der Waals surface area (Å²) >= 11 is 5.92. The summed E-state index contributed by atoms with van der Waals surface area (Å²) < 4.78 is 0. The minimum absolute atomic E-state index is 0. The maximum Gasteiger partial charge on any atom is 0.131 e. The van der Waals surface area contributed by atoms with Crippen LogP contribution < -0.4 is 0 Å². The number of benzene rings is 2. The highest BCUT2D eigenvalue weighted by molar-refractivity contribution is 6.30. The van der Waals surface area contributed by atoms with Crippen molar-refractivity contribution in [1.82, 2.24) is 4.90 Å². The van der Waals surface area contributed by atoms with Crippen molar-refractivity contribution < 1.29 is 0 Å². The largest absolute Gasteiger partial charge is 0.350 e. The highest BCUT2D eigenvalue weighted by Crippen LogP contribution is 2.16. The lowest BCUT2D eigenvalue weighted by Gasteiger charge is -2.20. The molecule has 0 atom stereocenters. The van der Waals surface area contributed by atoms with Crippen LogP contribution in [0.25, 0.3) is 0 Å². The standard InChI is InChI=1S/C16H15ClN2.ClH/c17-15-8-6-13(7-9-15)12-19-11-10-18-16(19)14-4-2-1-3-5-14;/h1-9H,10-12H2;1H. The number of hydrogen-bond donors (Lipinski definition) is 0. The summed E-state index contributed by atoms with van der Waals surface area (Å²) in [5.74, 6) is 1.09. The van der Waals surface area contributed by atoms with Gasteiger partial charge in [0.05, 0.1) is 6.54 Å². The second-order valence-electron chi connectivity index (χ2n) is 4.62. The molecule has 4 heteroatoms. The third kappa shape index (κ3) is 3.33. The summed E-state index contributed by atoms with van der Waals surface area (Å²) in [6.07, 6.45) is 0. The minimum Gasteiger partial charge on any atom is -0.350 e. The van der Waals surface area contributed by atoms with Gasteiger partial charge in [0.25, 0.3) is 0 Å². The van der Waals surface area contributed by atoms with Gasteiger partial charge in [0.15, 0.2) is 0 Å². The van der Waals surface area contributed by atoms with Crippen molar-refractivity contribution in [3.63, 3.8) is 0 Å². The Morgan fingerprint density at radius 3 is 2.40 bits per heavy atom. The van der Waals surface area contributed by atoms with E-state index in [0.29, 0.717) is 0 Å². The lowest BCUT2D eigenvalue weighted by Crippen LogP contribution is -2.27. The van der Waals surface area contributed by atoms with Gasteiger partial charge in [-0.15, -0.1) is 12.4 Å². The van der Waals surface area contributed by atoms with Crippen LogP contribution in [0, 0.1) is 0 Å². The van der Waals surface area contributed by atoms with Gasteiger partial charge in [0, 0.05) is 23.7 Å². The van der Waals surface area contributed by atoms with Crippen LogP contribution in [0.4, 0.5) is 0 Å². The molecule has 20 heavy (non-hydrogen) atoms. The molecule has 0 spiro atoms. The van der Waals surface area contributed by atoms with Crippen LogP contribution >= 0.6 is 24.0 Å². The molecule has 3 rings (SSSR count). The normalized spacial score (nSPS) is 13.8. The Morgan fingerprint density at radius 1 is 1.00 bits per heavy atom. The average molecular weight is 307 g/mol. The van der Waals surface area contributed by atoms with Crippen molar-refractivity contribution >= 4 is 29.8 Å². The topological polar surface area (TPSA) is 15.6 Å². The Hall–Kier alpha value is -1.51. The summed E-state index contributed by atoms with van der Waals surface area (Å²) in [6.45, 7) is 2.73. The molecule has 0 saturated heterocycles. The number of nitrogens with zero attached hydrogens (tertiary/aromatic N) is 2. The Morgan fingerprint density at radius 2 is 1.70 bits per heavy atom. The van der Waals surface area contributed by atoms with Crippen molar-refractivity contribution in [2.24, 2.45) is 4.99 Å². The van der Waals surface area contributed by atoms with Crippen LogP contribution in [0.3, 0.4) is 0 Å². The van der Waals surface area contributed by atoms with Crippen molar-refractivity contribution in [1.29, 1.82) is 0 Å². The van der Waals surface area contributed by atoms with Gasteiger partial charge < -0.3 is 4.90 Å². The van der Waals surface area contributed by atoms with E-state index >= 15 is 0 Å². The maximum atomic E-state index is 5.92. The van der Waals surface area contributed by atoms with Crippen LogP contribution in [0.5, 0.6) is 0 Å². The highest BCUT2D eigenvalue weighted by atomic mass is 35.5. The van der Waals surface area contributed by atoms with E-state index in [4.69, 9.17) is 11.6 Å². The number of aliphatic imine (C=N–C) groups is 1. The molecular weight excluding hydrogens is 291 g/mol. The molecule has 0 aromatic heterocycles. The zero-order chi connectivity index (χ0) is 13.1. The molecule has 1 heterocycles. The van der Waals surface area contributed by atoms with E-state index in [1.54, 1.807) is 0 Å². The fourth-order valence-corrected chi connectivity index (χ4v) is 2.43. The van der Waals surface area contributed by atoms with Gasteiger partial charge in [0.1, 0.15) is 5.84 Å². The van der Waals surface area contributed by atoms with E-state index < -0.39 is 0 Å². The monoisotopic (exact) mass is 306 g/mol. The Balaban J connectivity index is 0.00000147. The second-order valence-corrected chi connectivity index (χ2v) is 5.06. The number of halogens is 2. The summed E-state index contributed by atoms with van der Waals surface area (Å²) in [7, 11) is 0.